The van der Waals surface area contributed by atoms with E-state index in [0.29, 0.717) is 5.11 Å². The number of nitrogens with one attached hydrogen (secondary N) is 1. The van der Waals surface area contributed by atoms with Crippen LogP contribution in [0.2, 0.25) is 0 Å². The number of hydrogen-bond donors (Lipinski definition) is 1. The van der Waals surface area contributed by atoms with Crippen molar-refractivity contribution in [1.29, 1.82) is 0 Å². The van der Waals surface area contributed by atoms with E-state index >= 15 is 0 Å². The zero-order valence-electron chi connectivity index (χ0n) is 10.4. The number of anilines is 1. The zero-order chi connectivity index (χ0) is 13.4. The van der Waals surface area contributed by atoms with E-state index in [1.165, 1.54) is 0 Å². The van der Waals surface area contributed by atoms with Gasteiger partial charge in [0.15, 0.2) is 5.11 Å². The lowest BCUT2D eigenvalue weighted by atomic mass is 9.82. The second-order valence-corrected chi connectivity index (χ2v) is 6.09. The lowest BCUT2D eigenvalue weighted by Gasteiger charge is -2.42. The summed E-state index contributed by atoms with van der Waals surface area (Å²) in [5, 5.41) is 3.91. The first-order chi connectivity index (χ1) is 9.16. The molecule has 1 saturated heterocycles. The maximum Gasteiger partial charge on any atom is 0.238 e. The fourth-order valence-corrected chi connectivity index (χ4v) is 3.55. The third kappa shape index (κ3) is 2.35. The minimum atomic E-state index is -0.0121. The van der Waals surface area contributed by atoms with Crippen LogP contribution in [0, 0.1) is 5.92 Å². The average molecular weight is 295 g/mol. The SMILES string of the molecule is O=C1C2CCC(Cl)CC2NC(=S)N1c1ccccc1. The van der Waals surface area contributed by atoms with Gasteiger partial charge in [-0.2, -0.15) is 0 Å². The fourth-order valence-electron chi connectivity index (χ4n) is 2.88. The van der Waals surface area contributed by atoms with Crippen LogP contribution < -0.4 is 10.2 Å². The highest BCUT2D eigenvalue weighted by Gasteiger charge is 2.42. The maximum absolute atomic E-state index is 12.6. The van der Waals surface area contributed by atoms with E-state index in [0.717, 1.165) is 24.9 Å². The minimum absolute atomic E-state index is 0.0121. The van der Waals surface area contributed by atoms with E-state index < -0.39 is 0 Å². The molecule has 3 rings (SSSR count). The van der Waals surface area contributed by atoms with Crippen molar-refractivity contribution in [3.63, 3.8) is 0 Å². The third-order valence-electron chi connectivity index (χ3n) is 3.85. The van der Waals surface area contributed by atoms with Gasteiger partial charge in [0.2, 0.25) is 5.91 Å². The van der Waals surface area contributed by atoms with Gasteiger partial charge in [0, 0.05) is 11.4 Å². The van der Waals surface area contributed by atoms with Crippen LogP contribution in [0.5, 0.6) is 0 Å². The lowest BCUT2D eigenvalue weighted by molar-refractivity contribution is -0.123. The minimum Gasteiger partial charge on any atom is -0.358 e. The molecule has 100 valence electrons. The quantitative estimate of drug-likeness (QED) is 0.638. The van der Waals surface area contributed by atoms with Gasteiger partial charge in [-0.15, -0.1) is 11.6 Å². The fraction of sp³-hybridized carbons (Fsp3) is 0.429. The number of rotatable bonds is 1. The van der Waals surface area contributed by atoms with Crippen molar-refractivity contribution in [2.75, 3.05) is 4.90 Å². The second kappa shape index (κ2) is 5.10. The number of fused-ring (bicyclic) bond motifs is 1. The van der Waals surface area contributed by atoms with Crippen LogP contribution in [0.3, 0.4) is 0 Å². The van der Waals surface area contributed by atoms with Gasteiger partial charge in [0.05, 0.1) is 11.6 Å². The van der Waals surface area contributed by atoms with Crippen molar-refractivity contribution in [1.82, 2.24) is 5.32 Å². The summed E-state index contributed by atoms with van der Waals surface area (Å²) in [5.74, 6) is 0.0884. The Morgan fingerprint density at radius 1 is 1.26 bits per heavy atom. The summed E-state index contributed by atoms with van der Waals surface area (Å²) in [6.45, 7) is 0. The molecule has 3 unspecified atom stereocenters. The highest BCUT2D eigenvalue weighted by molar-refractivity contribution is 7.80. The third-order valence-corrected chi connectivity index (χ3v) is 4.55. The Kier molecular flexibility index (Phi) is 3.46. The van der Waals surface area contributed by atoms with E-state index in [1.807, 2.05) is 30.3 Å². The maximum atomic E-state index is 12.6. The molecule has 1 aliphatic carbocycles. The second-order valence-electron chi connectivity index (χ2n) is 5.08. The van der Waals surface area contributed by atoms with E-state index in [1.54, 1.807) is 4.90 Å². The summed E-state index contributed by atoms with van der Waals surface area (Å²) in [4.78, 5) is 14.2. The molecule has 1 aromatic rings. The van der Waals surface area contributed by atoms with E-state index in [2.05, 4.69) is 5.32 Å². The normalized spacial score (nSPS) is 30.8. The molecule has 19 heavy (non-hydrogen) atoms. The van der Waals surface area contributed by atoms with Gasteiger partial charge in [-0.1, -0.05) is 18.2 Å². The van der Waals surface area contributed by atoms with Gasteiger partial charge in [-0.25, -0.2) is 0 Å². The molecule has 1 aliphatic heterocycles. The molecule has 3 atom stereocenters. The number of carbonyl (C=O) groups excluding carboxylic acids is 1. The molecule has 1 aromatic carbocycles. The van der Waals surface area contributed by atoms with Gasteiger partial charge < -0.3 is 5.32 Å². The molecular weight excluding hydrogens is 280 g/mol. The van der Waals surface area contributed by atoms with Crippen LogP contribution in [-0.4, -0.2) is 22.4 Å². The topological polar surface area (TPSA) is 32.3 Å². The number of benzene rings is 1. The van der Waals surface area contributed by atoms with E-state index in [4.69, 9.17) is 23.8 Å². The smallest absolute Gasteiger partial charge is 0.238 e. The van der Waals surface area contributed by atoms with Crippen molar-refractivity contribution >= 4 is 40.5 Å². The zero-order valence-corrected chi connectivity index (χ0v) is 12.0. The molecular formula is C14H15ClN2OS. The highest BCUT2D eigenvalue weighted by Crippen LogP contribution is 2.33. The van der Waals surface area contributed by atoms with Crippen LogP contribution in [0.25, 0.3) is 0 Å². The van der Waals surface area contributed by atoms with Gasteiger partial charge in [-0.05, 0) is 43.6 Å². The largest absolute Gasteiger partial charge is 0.358 e. The van der Waals surface area contributed by atoms with Crippen molar-refractivity contribution in [3.8, 4) is 0 Å². The molecule has 1 N–H and O–H groups in total. The highest BCUT2D eigenvalue weighted by atomic mass is 35.5. The van der Waals surface area contributed by atoms with E-state index in [-0.39, 0.29) is 23.2 Å². The monoisotopic (exact) mass is 294 g/mol. The molecule has 3 nitrogen and oxygen atoms in total. The molecule has 2 aliphatic rings. The molecule has 0 aromatic heterocycles. The van der Waals surface area contributed by atoms with Crippen LogP contribution in [0.1, 0.15) is 19.3 Å². The van der Waals surface area contributed by atoms with Crippen molar-refractivity contribution in [3.05, 3.63) is 30.3 Å². The molecule has 5 heteroatoms. The van der Waals surface area contributed by atoms with Crippen LogP contribution in [-0.2, 0) is 4.79 Å². The Bertz CT molecular complexity index is 507. The molecule has 1 amide bonds. The van der Waals surface area contributed by atoms with Gasteiger partial charge in [-0.3, -0.25) is 9.69 Å². The summed E-state index contributed by atoms with van der Waals surface area (Å²) < 4.78 is 0. The van der Waals surface area contributed by atoms with Crippen molar-refractivity contribution < 1.29 is 4.79 Å². The van der Waals surface area contributed by atoms with Gasteiger partial charge in [0.1, 0.15) is 0 Å². The summed E-state index contributed by atoms with van der Waals surface area (Å²) in [6, 6.07) is 9.64. The Hall–Kier alpha value is -1.13. The van der Waals surface area contributed by atoms with Crippen LogP contribution in [0.4, 0.5) is 5.69 Å². The Labute approximate surface area is 122 Å². The van der Waals surface area contributed by atoms with Gasteiger partial charge in [0.25, 0.3) is 0 Å². The first-order valence-electron chi connectivity index (χ1n) is 6.50. The van der Waals surface area contributed by atoms with Crippen LogP contribution >= 0.6 is 23.8 Å². The summed E-state index contributed by atoms with van der Waals surface area (Å²) >= 11 is 11.5. The number of alkyl halides is 1. The number of amides is 1. The first kappa shape index (κ1) is 12.9. The summed E-state index contributed by atoms with van der Waals surface area (Å²) in [7, 11) is 0. The first-order valence-corrected chi connectivity index (χ1v) is 7.35. The lowest BCUT2D eigenvalue weighted by Crippen LogP contribution is -2.61. The average Bonchev–Trinajstić information content (AvgIpc) is 2.39. The molecule has 0 bridgehead atoms. The number of nitrogens with zero attached hydrogens (tertiary/aromatic N) is 1. The predicted molar refractivity (Wildman–Crippen MR) is 80.4 cm³/mol. The summed E-state index contributed by atoms with van der Waals surface area (Å²) in [6.07, 6.45) is 2.53. The number of carbonyl (C=O) groups is 1. The number of thiocarbonyl (C=S) groups is 1. The molecule has 0 radical (unpaired) electrons. The van der Waals surface area contributed by atoms with E-state index in [9.17, 15) is 4.79 Å². The number of hydrogen-bond acceptors (Lipinski definition) is 2. The van der Waals surface area contributed by atoms with Crippen molar-refractivity contribution in [2.45, 2.75) is 30.7 Å². The number of para-hydroxylation sites is 1. The molecule has 1 heterocycles. The van der Waals surface area contributed by atoms with Gasteiger partial charge >= 0.3 is 0 Å². The van der Waals surface area contributed by atoms with Crippen LogP contribution in [0.15, 0.2) is 30.3 Å². The molecule has 2 fully saturated rings. The standard InChI is InChI=1S/C14H15ClN2OS/c15-9-6-7-11-12(8-9)16-14(19)17(13(11)18)10-4-2-1-3-5-10/h1-5,9,11-12H,6-8H2,(H,16,19). The number of halogens is 1. The summed E-state index contributed by atoms with van der Waals surface area (Å²) in [5.41, 5.74) is 0.830. The Morgan fingerprint density at radius 2 is 2.00 bits per heavy atom. The predicted octanol–water partition coefficient (Wildman–Crippen LogP) is 2.68. The Morgan fingerprint density at radius 3 is 2.74 bits per heavy atom. The molecule has 0 spiro atoms. The van der Waals surface area contributed by atoms with Crippen molar-refractivity contribution in [2.24, 2.45) is 5.92 Å². The molecule has 1 saturated carbocycles. The Balaban J connectivity index is 1.88.